The summed E-state index contributed by atoms with van der Waals surface area (Å²) >= 11 is 7.07. The second kappa shape index (κ2) is 10.9. The third kappa shape index (κ3) is 5.73. The normalized spacial score (nSPS) is 13.5. The highest BCUT2D eigenvalue weighted by Gasteiger charge is 2.45. The summed E-state index contributed by atoms with van der Waals surface area (Å²) in [4.78, 5) is 0. The molecule has 0 bridgehead atoms. The van der Waals surface area contributed by atoms with Crippen molar-refractivity contribution in [1.29, 1.82) is 0 Å². The first-order valence-corrected chi connectivity index (χ1v) is 14.4. The quantitative estimate of drug-likeness (QED) is 0.203. The van der Waals surface area contributed by atoms with Crippen molar-refractivity contribution in [3.8, 4) is 0 Å². The predicted molar refractivity (Wildman–Crippen MR) is 145 cm³/mol. The smallest absolute Gasteiger partial charge is 0.381 e. The minimum atomic E-state index is -3.09. The Morgan fingerprint density at radius 1 is 0.515 bits per heavy atom. The fourth-order valence-electron chi connectivity index (χ4n) is 3.88. The van der Waals surface area contributed by atoms with Crippen molar-refractivity contribution >= 4 is 50.8 Å². The fourth-order valence-corrected chi connectivity index (χ4v) is 7.88. The van der Waals surface area contributed by atoms with Crippen molar-refractivity contribution in [3.63, 3.8) is 0 Å². The van der Waals surface area contributed by atoms with Gasteiger partial charge in [-0.25, -0.2) is 0 Å². The van der Waals surface area contributed by atoms with E-state index in [4.69, 9.17) is 8.85 Å². The van der Waals surface area contributed by atoms with Gasteiger partial charge in [-0.2, -0.15) is 0 Å². The molecule has 0 aliphatic carbocycles. The van der Waals surface area contributed by atoms with Gasteiger partial charge in [-0.15, -0.1) is 0 Å². The third-order valence-electron chi connectivity index (χ3n) is 5.67. The maximum absolute atomic E-state index is 7.04. The van der Waals surface area contributed by atoms with E-state index in [2.05, 4.69) is 143 Å². The second-order valence-electron chi connectivity index (χ2n) is 7.97. The molecule has 0 aliphatic heterocycles. The molecule has 0 heterocycles. The van der Waals surface area contributed by atoms with Gasteiger partial charge >= 0.3 is 8.56 Å². The summed E-state index contributed by atoms with van der Waals surface area (Å²) < 4.78 is 16.2. The molecule has 2 atom stereocenters. The van der Waals surface area contributed by atoms with E-state index in [0.29, 0.717) is 0 Å². The van der Waals surface area contributed by atoms with Gasteiger partial charge in [0.2, 0.25) is 0 Å². The maximum atomic E-state index is 7.04. The van der Waals surface area contributed by atoms with Gasteiger partial charge < -0.3 is 8.85 Å². The van der Waals surface area contributed by atoms with Crippen molar-refractivity contribution in [2.75, 3.05) is 0 Å². The molecule has 0 aliphatic rings. The van der Waals surface area contributed by atoms with Crippen LogP contribution in [0.3, 0.4) is 0 Å². The molecule has 4 aromatic carbocycles. The van der Waals surface area contributed by atoms with Crippen LogP contribution in [0, 0.1) is 0 Å². The van der Waals surface area contributed by atoms with Crippen molar-refractivity contribution in [2.24, 2.45) is 0 Å². The standard InChI is InChI=1S/C28H26Br2O2Si/c1-21(23-13-17-25(29)18-14-23)31-33(27-9-5-3-6-10-27,28-11-7-4-8-12-28)32-22(2)24-15-19-26(30)20-16-24/h3-22H,1-2H3. The molecule has 0 spiro atoms. The van der Waals surface area contributed by atoms with E-state index in [1.807, 2.05) is 12.1 Å². The monoisotopic (exact) mass is 580 g/mol. The summed E-state index contributed by atoms with van der Waals surface area (Å²) in [6, 6.07) is 37.4. The van der Waals surface area contributed by atoms with Crippen LogP contribution in [0.4, 0.5) is 0 Å². The zero-order valence-electron chi connectivity index (χ0n) is 18.6. The van der Waals surface area contributed by atoms with Crippen LogP contribution in [0.2, 0.25) is 0 Å². The van der Waals surface area contributed by atoms with Gasteiger partial charge in [-0.05, 0) is 59.6 Å². The Morgan fingerprint density at radius 3 is 1.18 bits per heavy atom. The zero-order valence-corrected chi connectivity index (χ0v) is 22.8. The highest BCUT2D eigenvalue weighted by molar-refractivity contribution is 9.10. The van der Waals surface area contributed by atoms with Crippen LogP contribution < -0.4 is 10.4 Å². The van der Waals surface area contributed by atoms with Crippen molar-refractivity contribution in [3.05, 3.63) is 129 Å². The number of halogens is 2. The molecule has 0 amide bonds. The molecular formula is C28H26Br2O2Si. The average molecular weight is 582 g/mol. The Hall–Kier alpha value is -2.02. The molecular weight excluding hydrogens is 556 g/mol. The lowest BCUT2D eigenvalue weighted by Gasteiger charge is -2.36. The van der Waals surface area contributed by atoms with E-state index in [-0.39, 0.29) is 12.2 Å². The first-order chi connectivity index (χ1) is 16.0. The number of hydrogen-bond donors (Lipinski definition) is 0. The molecule has 168 valence electrons. The molecule has 0 radical (unpaired) electrons. The summed E-state index contributed by atoms with van der Waals surface area (Å²) in [6.07, 6.45) is -0.301. The Morgan fingerprint density at radius 2 is 0.848 bits per heavy atom. The van der Waals surface area contributed by atoms with E-state index in [9.17, 15) is 0 Å². The molecule has 2 nitrogen and oxygen atoms in total. The maximum Gasteiger partial charge on any atom is 0.408 e. The summed E-state index contributed by atoms with van der Waals surface area (Å²) in [5.74, 6) is 0. The lowest BCUT2D eigenvalue weighted by atomic mass is 10.1. The SMILES string of the molecule is CC(O[Si](OC(C)c1ccc(Br)cc1)(c1ccccc1)c1ccccc1)c1ccc(Br)cc1. The first-order valence-electron chi connectivity index (χ1n) is 11.0. The Balaban J connectivity index is 1.81. The zero-order chi connectivity index (χ0) is 23.3. The van der Waals surface area contributed by atoms with E-state index >= 15 is 0 Å². The highest BCUT2D eigenvalue weighted by Crippen LogP contribution is 2.29. The lowest BCUT2D eigenvalue weighted by Crippen LogP contribution is -2.63. The van der Waals surface area contributed by atoms with Gasteiger partial charge in [-0.3, -0.25) is 0 Å². The largest absolute Gasteiger partial charge is 0.408 e. The van der Waals surface area contributed by atoms with E-state index < -0.39 is 8.56 Å². The van der Waals surface area contributed by atoms with Gasteiger partial charge in [0.05, 0.1) is 12.2 Å². The molecule has 0 saturated carbocycles. The predicted octanol–water partition coefficient (Wildman–Crippen LogP) is 7.32. The summed E-state index contributed by atoms with van der Waals surface area (Å²) in [7, 11) is -3.09. The van der Waals surface area contributed by atoms with Crippen LogP contribution in [-0.4, -0.2) is 8.56 Å². The molecule has 0 N–H and O–H groups in total. The van der Waals surface area contributed by atoms with Crippen molar-refractivity contribution < 1.29 is 8.85 Å². The highest BCUT2D eigenvalue weighted by atomic mass is 79.9. The molecule has 33 heavy (non-hydrogen) atoms. The van der Waals surface area contributed by atoms with Crippen LogP contribution in [0.1, 0.15) is 37.2 Å². The van der Waals surface area contributed by atoms with E-state index in [0.717, 1.165) is 30.4 Å². The van der Waals surface area contributed by atoms with Gasteiger partial charge in [-0.1, -0.05) is 117 Å². The summed E-state index contributed by atoms with van der Waals surface area (Å²) in [5, 5.41) is 2.17. The van der Waals surface area contributed by atoms with Crippen LogP contribution in [0.5, 0.6) is 0 Å². The lowest BCUT2D eigenvalue weighted by molar-refractivity contribution is 0.110. The van der Waals surface area contributed by atoms with E-state index in [1.54, 1.807) is 0 Å². The van der Waals surface area contributed by atoms with Crippen LogP contribution in [0.25, 0.3) is 0 Å². The van der Waals surface area contributed by atoms with Crippen LogP contribution >= 0.6 is 31.9 Å². The Bertz CT molecular complexity index is 1060. The fraction of sp³-hybridized carbons (Fsp3) is 0.143. The first kappa shape index (κ1) is 24.1. The topological polar surface area (TPSA) is 18.5 Å². The molecule has 4 aromatic rings. The molecule has 0 fully saturated rings. The van der Waals surface area contributed by atoms with Crippen molar-refractivity contribution in [1.82, 2.24) is 0 Å². The summed E-state index contributed by atoms with van der Waals surface area (Å²) in [6.45, 7) is 4.20. The molecule has 0 aromatic heterocycles. The molecule has 2 unspecified atom stereocenters. The van der Waals surface area contributed by atoms with Crippen LogP contribution in [-0.2, 0) is 8.85 Å². The van der Waals surface area contributed by atoms with Crippen LogP contribution in [0.15, 0.2) is 118 Å². The van der Waals surface area contributed by atoms with Crippen molar-refractivity contribution in [2.45, 2.75) is 26.1 Å². The summed E-state index contributed by atoms with van der Waals surface area (Å²) in [5.41, 5.74) is 2.23. The number of rotatable bonds is 8. The second-order valence-corrected chi connectivity index (χ2v) is 12.7. The number of hydrogen-bond acceptors (Lipinski definition) is 2. The van der Waals surface area contributed by atoms with Gasteiger partial charge in [0, 0.05) is 8.95 Å². The van der Waals surface area contributed by atoms with Gasteiger partial charge in [0.25, 0.3) is 0 Å². The molecule has 0 saturated heterocycles. The molecule has 5 heteroatoms. The Labute approximate surface area is 214 Å². The number of benzene rings is 4. The minimum Gasteiger partial charge on any atom is -0.381 e. The van der Waals surface area contributed by atoms with Gasteiger partial charge in [0.15, 0.2) is 0 Å². The van der Waals surface area contributed by atoms with Gasteiger partial charge in [0.1, 0.15) is 0 Å². The molecule has 4 rings (SSSR count). The minimum absolute atomic E-state index is 0.151. The van der Waals surface area contributed by atoms with E-state index in [1.165, 1.54) is 0 Å². The third-order valence-corrected chi connectivity index (χ3v) is 10.3. The Kier molecular flexibility index (Phi) is 7.99. The average Bonchev–Trinajstić information content (AvgIpc) is 2.85.